The van der Waals surface area contributed by atoms with Crippen molar-refractivity contribution < 1.29 is 9.53 Å². The van der Waals surface area contributed by atoms with Gasteiger partial charge in [-0.2, -0.15) is 0 Å². The Kier molecular flexibility index (Phi) is 6.40. The summed E-state index contributed by atoms with van der Waals surface area (Å²) in [5.74, 6) is -0.300. The van der Waals surface area contributed by atoms with E-state index in [0.29, 0.717) is 21.7 Å². The van der Waals surface area contributed by atoms with Crippen LogP contribution in [0.4, 0.5) is 0 Å². The molecule has 1 rings (SSSR count). The van der Waals surface area contributed by atoms with E-state index in [9.17, 15) is 4.79 Å². The fourth-order valence-corrected chi connectivity index (χ4v) is 2.38. The van der Waals surface area contributed by atoms with Crippen molar-refractivity contribution in [2.75, 3.05) is 6.61 Å². The molecule has 2 unspecified atom stereocenters. The van der Waals surface area contributed by atoms with Crippen LogP contribution in [-0.4, -0.2) is 18.6 Å². The van der Waals surface area contributed by atoms with Crippen LogP contribution in [0.15, 0.2) is 12.1 Å². The lowest BCUT2D eigenvalue weighted by molar-refractivity contribution is -0.145. The van der Waals surface area contributed by atoms with E-state index in [1.807, 2.05) is 6.92 Å². The highest BCUT2D eigenvalue weighted by atomic mass is 35.5. The average molecular weight is 325 g/mol. The Morgan fingerprint density at radius 1 is 1.26 bits per heavy atom. The van der Waals surface area contributed by atoms with E-state index in [1.54, 1.807) is 26.0 Å². The summed E-state index contributed by atoms with van der Waals surface area (Å²) >= 11 is 18.0. The van der Waals surface area contributed by atoms with Crippen LogP contribution in [-0.2, 0) is 9.53 Å². The van der Waals surface area contributed by atoms with Crippen LogP contribution in [0.25, 0.3) is 0 Å². The Hall–Kier alpha value is -0.480. The number of carbonyl (C=O) groups is 1. The third-order valence-electron chi connectivity index (χ3n) is 2.67. The third kappa shape index (κ3) is 4.25. The van der Waals surface area contributed by atoms with Crippen LogP contribution in [0.2, 0.25) is 15.1 Å². The van der Waals surface area contributed by atoms with Gasteiger partial charge in [0.05, 0.1) is 21.7 Å². The molecular weight excluding hydrogens is 309 g/mol. The average Bonchev–Trinajstić information content (AvgIpc) is 2.36. The first-order chi connectivity index (χ1) is 8.88. The predicted molar refractivity (Wildman–Crippen MR) is 79.1 cm³/mol. The molecule has 1 N–H and O–H groups in total. The third-order valence-corrected chi connectivity index (χ3v) is 3.98. The molecule has 0 aliphatic carbocycles. The molecule has 106 valence electrons. The molecule has 0 radical (unpaired) electrons. The minimum atomic E-state index is -0.430. The standard InChI is InChI=1S/C13H16Cl3NO2/c1-4-19-13(18)8(3)17-7(2)9-5-6-10(14)12(16)11(9)15/h5-8,17H,4H2,1-3H3. The summed E-state index contributed by atoms with van der Waals surface area (Å²) in [5, 5.41) is 4.22. The summed E-state index contributed by atoms with van der Waals surface area (Å²) in [7, 11) is 0. The van der Waals surface area contributed by atoms with Crippen LogP contribution >= 0.6 is 34.8 Å². The number of esters is 1. The fourth-order valence-electron chi connectivity index (χ4n) is 1.68. The predicted octanol–water partition coefficient (Wildman–Crippen LogP) is 4.25. The maximum absolute atomic E-state index is 11.6. The number of halogens is 3. The molecule has 0 aromatic heterocycles. The number of rotatable bonds is 5. The van der Waals surface area contributed by atoms with Gasteiger partial charge in [0, 0.05) is 6.04 Å². The van der Waals surface area contributed by atoms with Gasteiger partial charge in [0.2, 0.25) is 0 Å². The minimum Gasteiger partial charge on any atom is -0.465 e. The molecule has 0 amide bonds. The summed E-state index contributed by atoms with van der Waals surface area (Å²) < 4.78 is 4.93. The zero-order valence-corrected chi connectivity index (χ0v) is 13.2. The second-order valence-corrected chi connectivity index (χ2v) is 5.29. The van der Waals surface area contributed by atoms with E-state index < -0.39 is 6.04 Å². The number of carbonyl (C=O) groups excluding carboxylic acids is 1. The SMILES string of the molecule is CCOC(=O)C(C)NC(C)c1ccc(Cl)c(Cl)c1Cl. The quantitative estimate of drug-likeness (QED) is 0.650. The van der Waals surface area contributed by atoms with Crippen molar-refractivity contribution in [2.45, 2.75) is 32.9 Å². The molecule has 2 atom stereocenters. The normalized spacial score (nSPS) is 14.0. The smallest absolute Gasteiger partial charge is 0.322 e. The van der Waals surface area contributed by atoms with Crippen molar-refractivity contribution in [2.24, 2.45) is 0 Å². The van der Waals surface area contributed by atoms with Crippen LogP contribution in [0.1, 0.15) is 32.4 Å². The molecule has 1 aromatic rings. The Bertz CT molecular complexity index is 465. The molecule has 0 saturated heterocycles. The lowest BCUT2D eigenvalue weighted by atomic mass is 10.1. The summed E-state index contributed by atoms with van der Waals surface area (Å²) in [6.45, 7) is 5.75. The minimum absolute atomic E-state index is 0.151. The number of hydrogen-bond acceptors (Lipinski definition) is 3. The summed E-state index contributed by atoms with van der Waals surface area (Å²) in [6.07, 6.45) is 0. The van der Waals surface area contributed by atoms with E-state index in [2.05, 4.69) is 5.32 Å². The topological polar surface area (TPSA) is 38.3 Å². The number of nitrogens with one attached hydrogen (secondary N) is 1. The van der Waals surface area contributed by atoms with Crippen molar-refractivity contribution in [3.8, 4) is 0 Å². The molecule has 0 bridgehead atoms. The zero-order chi connectivity index (χ0) is 14.6. The highest BCUT2D eigenvalue weighted by Crippen LogP contribution is 2.35. The van der Waals surface area contributed by atoms with Crippen LogP contribution < -0.4 is 5.32 Å². The van der Waals surface area contributed by atoms with Crippen molar-refractivity contribution in [3.05, 3.63) is 32.8 Å². The van der Waals surface area contributed by atoms with Gasteiger partial charge in [0.15, 0.2) is 0 Å². The van der Waals surface area contributed by atoms with E-state index in [0.717, 1.165) is 5.56 Å². The van der Waals surface area contributed by atoms with Crippen molar-refractivity contribution in [3.63, 3.8) is 0 Å². The summed E-state index contributed by atoms with van der Waals surface area (Å²) in [4.78, 5) is 11.6. The lowest BCUT2D eigenvalue weighted by Gasteiger charge is -2.20. The first-order valence-corrected chi connectivity index (χ1v) is 7.07. The van der Waals surface area contributed by atoms with Gasteiger partial charge in [0.1, 0.15) is 6.04 Å². The molecular formula is C13H16Cl3NO2. The van der Waals surface area contributed by atoms with Gasteiger partial charge in [-0.05, 0) is 32.4 Å². The molecule has 0 fully saturated rings. The molecule has 0 heterocycles. The maximum atomic E-state index is 11.6. The Balaban J connectivity index is 2.81. The Labute approximate surface area is 128 Å². The van der Waals surface area contributed by atoms with Gasteiger partial charge in [0.25, 0.3) is 0 Å². The van der Waals surface area contributed by atoms with Gasteiger partial charge in [-0.15, -0.1) is 0 Å². The van der Waals surface area contributed by atoms with E-state index >= 15 is 0 Å². The zero-order valence-electron chi connectivity index (χ0n) is 11.0. The first kappa shape index (κ1) is 16.6. The molecule has 3 nitrogen and oxygen atoms in total. The Morgan fingerprint density at radius 3 is 2.47 bits per heavy atom. The van der Waals surface area contributed by atoms with E-state index in [1.165, 1.54) is 0 Å². The molecule has 1 aromatic carbocycles. The summed E-state index contributed by atoms with van der Waals surface area (Å²) in [6, 6.07) is 2.88. The molecule has 19 heavy (non-hydrogen) atoms. The molecule has 0 spiro atoms. The molecule has 0 saturated carbocycles. The van der Waals surface area contributed by atoms with Crippen molar-refractivity contribution in [1.29, 1.82) is 0 Å². The highest BCUT2D eigenvalue weighted by molar-refractivity contribution is 6.48. The van der Waals surface area contributed by atoms with Crippen molar-refractivity contribution in [1.82, 2.24) is 5.32 Å². The fraction of sp³-hybridized carbons (Fsp3) is 0.462. The van der Waals surface area contributed by atoms with E-state index in [4.69, 9.17) is 39.5 Å². The molecule has 0 aliphatic rings. The second-order valence-electron chi connectivity index (χ2n) is 4.13. The lowest BCUT2D eigenvalue weighted by Crippen LogP contribution is -2.37. The number of ether oxygens (including phenoxy) is 1. The summed E-state index contributed by atoms with van der Waals surface area (Å²) in [5.41, 5.74) is 0.784. The number of benzene rings is 1. The van der Waals surface area contributed by atoms with Crippen LogP contribution in [0.3, 0.4) is 0 Å². The molecule has 6 heteroatoms. The Morgan fingerprint density at radius 2 is 1.89 bits per heavy atom. The highest BCUT2D eigenvalue weighted by Gasteiger charge is 2.20. The van der Waals surface area contributed by atoms with E-state index in [-0.39, 0.29) is 12.0 Å². The largest absolute Gasteiger partial charge is 0.465 e. The van der Waals surface area contributed by atoms with Crippen molar-refractivity contribution >= 4 is 40.8 Å². The van der Waals surface area contributed by atoms with Gasteiger partial charge >= 0.3 is 5.97 Å². The second kappa shape index (κ2) is 7.34. The monoisotopic (exact) mass is 323 g/mol. The first-order valence-electron chi connectivity index (χ1n) is 5.94. The number of hydrogen-bond donors (Lipinski definition) is 1. The van der Waals surface area contributed by atoms with Gasteiger partial charge < -0.3 is 4.74 Å². The maximum Gasteiger partial charge on any atom is 0.322 e. The van der Waals surface area contributed by atoms with Crippen LogP contribution in [0.5, 0.6) is 0 Å². The van der Waals surface area contributed by atoms with Crippen LogP contribution in [0, 0.1) is 0 Å². The van der Waals surface area contributed by atoms with Gasteiger partial charge in [-0.3, -0.25) is 10.1 Å². The van der Waals surface area contributed by atoms with Gasteiger partial charge in [-0.25, -0.2) is 0 Å². The van der Waals surface area contributed by atoms with Gasteiger partial charge in [-0.1, -0.05) is 40.9 Å². The molecule has 0 aliphatic heterocycles.